The highest BCUT2D eigenvalue weighted by molar-refractivity contribution is 7.89. The van der Waals surface area contributed by atoms with Crippen molar-refractivity contribution in [3.63, 3.8) is 0 Å². The van der Waals surface area contributed by atoms with Gasteiger partial charge in [-0.25, -0.2) is 22.6 Å². The van der Waals surface area contributed by atoms with E-state index in [9.17, 15) is 13.2 Å². The summed E-state index contributed by atoms with van der Waals surface area (Å²) in [5.41, 5.74) is 1.83. The Morgan fingerprint density at radius 2 is 2.04 bits per heavy atom. The van der Waals surface area contributed by atoms with Crippen molar-refractivity contribution in [1.82, 2.24) is 19.3 Å². The SMILES string of the molecule is CCNS(=O)(=O)c1cccc(-c2ccc3nc(NC(C)=O)cn3n2)c1. The number of carbonyl (C=O) groups excluding carboxylic acids is 1. The van der Waals surface area contributed by atoms with Crippen LogP contribution in [0.1, 0.15) is 13.8 Å². The molecule has 130 valence electrons. The number of rotatable bonds is 5. The van der Waals surface area contributed by atoms with Crippen molar-refractivity contribution >= 4 is 27.4 Å². The molecule has 0 aliphatic rings. The molecule has 9 heteroatoms. The number of carbonyl (C=O) groups is 1. The van der Waals surface area contributed by atoms with Gasteiger partial charge in [-0.2, -0.15) is 5.10 Å². The second-order valence-electron chi connectivity index (χ2n) is 5.36. The van der Waals surface area contributed by atoms with Crippen molar-refractivity contribution in [2.24, 2.45) is 0 Å². The summed E-state index contributed by atoms with van der Waals surface area (Å²) in [6, 6.07) is 10.1. The topological polar surface area (TPSA) is 105 Å². The normalized spacial score (nSPS) is 11.6. The van der Waals surface area contributed by atoms with Crippen LogP contribution in [0.15, 0.2) is 47.5 Å². The third-order valence-corrected chi connectivity index (χ3v) is 4.94. The molecule has 0 spiro atoms. The maximum absolute atomic E-state index is 12.1. The maximum atomic E-state index is 12.1. The molecule has 1 aromatic carbocycles. The average molecular weight is 359 g/mol. The van der Waals surface area contributed by atoms with Gasteiger partial charge in [0.25, 0.3) is 0 Å². The number of fused-ring (bicyclic) bond motifs is 1. The number of amides is 1. The van der Waals surface area contributed by atoms with Gasteiger partial charge in [0.2, 0.25) is 15.9 Å². The lowest BCUT2D eigenvalue weighted by molar-refractivity contribution is -0.114. The first-order chi connectivity index (χ1) is 11.9. The van der Waals surface area contributed by atoms with Crippen molar-refractivity contribution in [1.29, 1.82) is 0 Å². The third kappa shape index (κ3) is 3.67. The summed E-state index contributed by atoms with van der Waals surface area (Å²) < 4.78 is 28.3. The van der Waals surface area contributed by atoms with E-state index in [1.54, 1.807) is 43.5 Å². The van der Waals surface area contributed by atoms with Crippen LogP contribution in [0.5, 0.6) is 0 Å². The highest BCUT2D eigenvalue weighted by Gasteiger charge is 2.14. The van der Waals surface area contributed by atoms with Crippen LogP contribution in [-0.2, 0) is 14.8 Å². The number of imidazole rings is 1. The number of nitrogens with one attached hydrogen (secondary N) is 2. The van der Waals surface area contributed by atoms with Crippen molar-refractivity contribution in [3.05, 3.63) is 42.6 Å². The Bertz CT molecular complexity index is 1040. The molecule has 0 radical (unpaired) electrons. The maximum Gasteiger partial charge on any atom is 0.240 e. The minimum absolute atomic E-state index is 0.179. The molecule has 0 aliphatic carbocycles. The Balaban J connectivity index is 2.00. The zero-order chi connectivity index (χ0) is 18.0. The molecule has 0 bridgehead atoms. The van der Waals surface area contributed by atoms with Crippen LogP contribution in [-0.4, -0.2) is 35.5 Å². The molecule has 0 fully saturated rings. The van der Waals surface area contributed by atoms with Gasteiger partial charge in [0.15, 0.2) is 11.5 Å². The van der Waals surface area contributed by atoms with Gasteiger partial charge in [-0.3, -0.25) is 4.79 Å². The number of aromatic nitrogens is 3. The van der Waals surface area contributed by atoms with E-state index in [1.165, 1.54) is 17.5 Å². The van der Waals surface area contributed by atoms with Gasteiger partial charge >= 0.3 is 0 Å². The van der Waals surface area contributed by atoms with Gasteiger partial charge in [-0.15, -0.1) is 0 Å². The molecule has 0 unspecified atom stereocenters. The second kappa shape index (κ2) is 6.61. The van der Waals surface area contributed by atoms with Gasteiger partial charge in [0.1, 0.15) is 0 Å². The number of hydrogen-bond acceptors (Lipinski definition) is 5. The van der Waals surface area contributed by atoms with E-state index in [1.807, 2.05) is 0 Å². The van der Waals surface area contributed by atoms with Crippen LogP contribution in [0, 0.1) is 0 Å². The Kier molecular flexibility index (Phi) is 4.51. The van der Waals surface area contributed by atoms with Gasteiger partial charge < -0.3 is 5.32 Å². The molecule has 2 heterocycles. The first-order valence-corrected chi connectivity index (χ1v) is 9.11. The monoisotopic (exact) mass is 359 g/mol. The standard InChI is InChI=1S/C16H17N5O3S/c1-3-17-25(23,24)13-6-4-5-12(9-13)14-7-8-16-19-15(18-11(2)22)10-21(16)20-14/h4-10,17H,3H2,1-2H3,(H,18,22). The lowest BCUT2D eigenvalue weighted by Crippen LogP contribution is -2.23. The lowest BCUT2D eigenvalue weighted by Gasteiger charge is -2.07. The van der Waals surface area contributed by atoms with Gasteiger partial charge in [0, 0.05) is 19.0 Å². The summed E-state index contributed by atoms with van der Waals surface area (Å²) >= 11 is 0. The number of nitrogens with zero attached hydrogens (tertiary/aromatic N) is 3. The summed E-state index contributed by atoms with van der Waals surface area (Å²) in [5, 5.41) is 7.03. The highest BCUT2D eigenvalue weighted by Crippen LogP contribution is 2.21. The molecule has 0 aliphatic heterocycles. The lowest BCUT2D eigenvalue weighted by atomic mass is 10.1. The van der Waals surface area contributed by atoms with E-state index >= 15 is 0 Å². The summed E-state index contributed by atoms with van der Waals surface area (Å²) in [4.78, 5) is 15.5. The molecule has 2 N–H and O–H groups in total. The smallest absolute Gasteiger partial charge is 0.240 e. The van der Waals surface area contributed by atoms with Gasteiger partial charge in [0.05, 0.1) is 16.8 Å². The predicted octanol–water partition coefficient (Wildman–Crippen LogP) is 1.65. The van der Waals surface area contributed by atoms with Gasteiger partial charge in [-0.05, 0) is 24.3 Å². The van der Waals surface area contributed by atoms with E-state index in [2.05, 4.69) is 20.1 Å². The van der Waals surface area contributed by atoms with Crippen LogP contribution in [0.2, 0.25) is 0 Å². The third-order valence-electron chi connectivity index (χ3n) is 3.40. The van der Waals surface area contributed by atoms with Crippen LogP contribution < -0.4 is 10.0 Å². The highest BCUT2D eigenvalue weighted by atomic mass is 32.2. The predicted molar refractivity (Wildman–Crippen MR) is 93.6 cm³/mol. The van der Waals surface area contributed by atoms with E-state index in [4.69, 9.17) is 0 Å². The summed E-state index contributed by atoms with van der Waals surface area (Å²) in [6.07, 6.45) is 1.60. The molecule has 0 atom stereocenters. The second-order valence-corrected chi connectivity index (χ2v) is 7.12. The minimum atomic E-state index is -3.54. The number of hydrogen-bond donors (Lipinski definition) is 2. The molecule has 3 aromatic rings. The van der Waals surface area contributed by atoms with Crippen molar-refractivity contribution < 1.29 is 13.2 Å². The Hall–Kier alpha value is -2.78. The summed E-state index contributed by atoms with van der Waals surface area (Å²) in [5.74, 6) is 0.186. The molecule has 8 nitrogen and oxygen atoms in total. The fourth-order valence-corrected chi connectivity index (χ4v) is 3.46. The molecule has 3 rings (SSSR count). The molecule has 1 amide bonds. The van der Waals surface area contributed by atoms with Crippen LogP contribution >= 0.6 is 0 Å². The number of anilines is 1. The van der Waals surface area contributed by atoms with Crippen LogP contribution in [0.4, 0.5) is 5.82 Å². The molecular weight excluding hydrogens is 342 g/mol. The van der Waals surface area contributed by atoms with E-state index in [0.29, 0.717) is 29.3 Å². The number of benzene rings is 1. The van der Waals surface area contributed by atoms with Crippen molar-refractivity contribution in [3.8, 4) is 11.3 Å². The molecule has 0 saturated carbocycles. The molecular formula is C16H17N5O3S. The average Bonchev–Trinajstić information content (AvgIpc) is 2.95. The van der Waals surface area contributed by atoms with Crippen molar-refractivity contribution in [2.45, 2.75) is 18.7 Å². The summed E-state index contributed by atoms with van der Waals surface area (Å²) in [6.45, 7) is 3.44. The van der Waals surface area contributed by atoms with E-state index in [-0.39, 0.29) is 10.8 Å². The number of sulfonamides is 1. The van der Waals surface area contributed by atoms with Crippen molar-refractivity contribution in [2.75, 3.05) is 11.9 Å². The largest absolute Gasteiger partial charge is 0.310 e. The Morgan fingerprint density at radius 3 is 2.76 bits per heavy atom. The molecule has 25 heavy (non-hydrogen) atoms. The summed E-state index contributed by atoms with van der Waals surface area (Å²) in [7, 11) is -3.54. The van der Waals surface area contributed by atoms with Crippen LogP contribution in [0.25, 0.3) is 16.9 Å². The zero-order valence-corrected chi connectivity index (χ0v) is 14.5. The molecule has 0 saturated heterocycles. The van der Waals surface area contributed by atoms with Gasteiger partial charge in [-0.1, -0.05) is 19.1 Å². The van der Waals surface area contributed by atoms with Crippen LogP contribution in [0.3, 0.4) is 0 Å². The minimum Gasteiger partial charge on any atom is -0.310 e. The Labute approximate surface area is 144 Å². The quantitative estimate of drug-likeness (QED) is 0.721. The fraction of sp³-hybridized carbons (Fsp3) is 0.188. The first-order valence-electron chi connectivity index (χ1n) is 7.63. The van der Waals surface area contributed by atoms with E-state index in [0.717, 1.165) is 0 Å². The molecule has 2 aromatic heterocycles. The fourth-order valence-electron chi connectivity index (χ4n) is 2.37. The van der Waals surface area contributed by atoms with E-state index < -0.39 is 10.0 Å². The first kappa shape index (κ1) is 17.1. The Morgan fingerprint density at radius 1 is 1.24 bits per heavy atom. The zero-order valence-electron chi connectivity index (χ0n) is 13.7.